The van der Waals surface area contributed by atoms with Crippen molar-refractivity contribution in [1.82, 2.24) is 7.94 Å². The van der Waals surface area contributed by atoms with E-state index in [0.717, 1.165) is 47.5 Å². The fraction of sp³-hybridized carbons (Fsp3) is 0.273. The number of rotatable bonds is 12. The van der Waals surface area contributed by atoms with Gasteiger partial charge in [-0.15, -0.1) is 0 Å². The summed E-state index contributed by atoms with van der Waals surface area (Å²) in [6.45, 7) is 3.63. The third kappa shape index (κ3) is 6.82. The number of fused-ring (bicyclic) bond motifs is 4. The molecule has 0 aliphatic heterocycles. The summed E-state index contributed by atoms with van der Waals surface area (Å²) in [5.41, 5.74) is 2.66. The average Bonchev–Trinajstić information content (AvgIpc) is 3.90. The summed E-state index contributed by atoms with van der Waals surface area (Å²) < 4.78 is 82.4. The van der Waals surface area contributed by atoms with Crippen LogP contribution in [0.1, 0.15) is 46.2 Å². The summed E-state index contributed by atoms with van der Waals surface area (Å²) in [5, 5.41) is 0.726. The van der Waals surface area contributed by atoms with E-state index in [2.05, 4.69) is 0 Å². The van der Waals surface area contributed by atoms with Crippen LogP contribution in [0.3, 0.4) is 0 Å². The largest absolute Gasteiger partial charge is 0.468 e. The molecule has 0 saturated heterocycles. The number of esters is 4. The van der Waals surface area contributed by atoms with Crippen molar-refractivity contribution in [2.75, 3.05) is 28.4 Å². The predicted octanol–water partition coefficient (Wildman–Crippen LogP) is 5.85. The molecule has 0 amide bonds. The molecule has 0 radical (unpaired) electrons. The number of benzene rings is 4. The Bertz CT molecular complexity index is 2860. The second-order valence-electron chi connectivity index (χ2n) is 14.6. The number of nitrogens with zero attached hydrogens (tertiary/aromatic N) is 2. The first-order chi connectivity index (χ1) is 28.6. The standard InChI is InChI=1S/C44H42N2O12S2/c1-25-15-19-27(20-16-25)59(51,52)45-24-33(29-11-7-9-13-34(29)45)38-37(39(43(49)57-5)44(50)58-6)31(23-32(41(47)55-3)42(48)56-4)36-30-12-8-10-14-35(30)46(40(36)38)60(53,54)28-21-17-26(2)18-22-28/h7-22,24,31-32,37-39H,23H2,1-6H3/t31-,37-,38+/m1/s1. The summed E-state index contributed by atoms with van der Waals surface area (Å²) in [5.74, 6) is -11.3. The number of para-hydroxylation sites is 2. The lowest BCUT2D eigenvalue weighted by Crippen LogP contribution is -2.39. The number of carbonyl (C=O) groups is 4. The van der Waals surface area contributed by atoms with E-state index in [1.165, 1.54) is 30.5 Å². The summed E-state index contributed by atoms with van der Waals surface area (Å²) >= 11 is 0. The Kier molecular flexibility index (Phi) is 11.2. The summed E-state index contributed by atoms with van der Waals surface area (Å²) in [6, 6.07) is 25.7. The van der Waals surface area contributed by atoms with E-state index < -0.39 is 79.9 Å². The maximum Gasteiger partial charge on any atom is 0.320 e. The first-order valence-electron chi connectivity index (χ1n) is 18.8. The van der Waals surface area contributed by atoms with Gasteiger partial charge in [0.15, 0.2) is 11.8 Å². The zero-order chi connectivity index (χ0) is 43.3. The van der Waals surface area contributed by atoms with Gasteiger partial charge in [0.05, 0.1) is 49.3 Å². The highest BCUT2D eigenvalue weighted by Crippen LogP contribution is 2.60. The molecular weight excluding hydrogens is 813 g/mol. The van der Waals surface area contributed by atoms with Crippen LogP contribution in [0, 0.1) is 31.6 Å². The molecule has 1 aliphatic rings. The van der Waals surface area contributed by atoms with Crippen molar-refractivity contribution in [3.05, 3.63) is 131 Å². The van der Waals surface area contributed by atoms with Crippen LogP contribution >= 0.6 is 0 Å². The van der Waals surface area contributed by atoms with E-state index in [0.29, 0.717) is 16.3 Å². The molecule has 7 rings (SSSR count). The van der Waals surface area contributed by atoms with Crippen molar-refractivity contribution in [2.45, 2.75) is 41.9 Å². The van der Waals surface area contributed by atoms with Crippen LogP contribution in [0.5, 0.6) is 0 Å². The minimum atomic E-state index is -4.55. The molecule has 0 unspecified atom stereocenters. The molecule has 0 spiro atoms. The van der Waals surface area contributed by atoms with Gasteiger partial charge in [0.25, 0.3) is 20.0 Å². The van der Waals surface area contributed by atoms with Crippen molar-refractivity contribution in [1.29, 1.82) is 0 Å². The lowest BCUT2D eigenvalue weighted by atomic mass is 9.71. The van der Waals surface area contributed by atoms with Gasteiger partial charge in [0, 0.05) is 34.5 Å². The Morgan fingerprint density at radius 3 is 1.58 bits per heavy atom. The smallest absolute Gasteiger partial charge is 0.320 e. The van der Waals surface area contributed by atoms with Crippen LogP contribution in [0.4, 0.5) is 0 Å². The quantitative estimate of drug-likeness (QED) is 0.0815. The third-order valence-electron chi connectivity index (χ3n) is 11.4. The van der Waals surface area contributed by atoms with Crippen LogP contribution in [0.15, 0.2) is 113 Å². The van der Waals surface area contributed by atoms with Crippen molar-refractivity contribution in [3.8, 4) is 0 Å². The second kappa shape index (κ2) is 16.1. The summed E-state index contributed by atoms with van der Waals surface area (Å²) in [7, 11) is -4.54. The van der Waals surface area contributed by atoms with E-state index in [4.69, 9.17) is 18.9 Å². The maximum absolute atomic E-state index is 15.2. The third-order valence-corrected chi connectivity index (χ3v) is 14.8. The molecule has 0 saturated carbocycles. The van der Waals surface area contributed by atoms with Crippen LogP contribution in [0.2, 0.25) is 0 Å². The van der Waals surface area contributed by atoms with E-state index in [-0.39, 0.29) is 32.1 Å². The number of carbonyl (C=O) groups excluding carboxylic acids is 4. The molecule has 6 aromatic rings. The van der Waals surface area contributed by atoms with Crippen molar-refractivity contribution >= 4 is 65.7 Å². The van der Waals surface area contributed by atoms with Gasteiger partial charge in [-0.05, 0) is 73.7 Å². The van der Waals surface area contributed by atoms with E-state index in [1.807, 2.05) is 13.8 Å². The van der Waals surface area contributed by atoms with Crippen LogP contribution in [0.25, 0.3) is 21.8 Å². The lowest BCUT2D eigenvalue weighted by molar-refractivity contribution is -0.162. The normalized spacial score (nSPS) is 16.6. The zero-order valence-corrected chi connectivity index (χ0v) is 35.2. The molecule has 2 aromatic heterocycles. The Hall–Kier alpha value is -6.26. The highest BCUT2D eigenvalue weighted by molar-refractivity contribution is 7.90. The Morgan fingerprint density at radius 2 is 1.07 bits per heavy atom. The van der Waals surface area contributed by atoms with E-state index in [9.17, 15) is 27.6 Å². The minimum absolute atomic E-state index is 0.0287. The number of hydrogen-bond donors (Lipinski definition) is 0. The van der Waals surface area contributed by atoms with Gasteiger partial charge in [-0.1, -0.05) is 71.8 Å². The SMILES string of the molecule is COC(=O)C(C[C@@H]1c2c(n(S(=O)(=O)c3ccc(C)cc3)c3ccccc23)[C@@H](c2cn(S(=O)(=O)c3ccc(C)cc3)c3ccccc23)[C@@H]1C(C(=O)OC)C(=O)OC)C(=O)OC. The molecule has 0 fully saturated rings. The molecule has 4 aromatic carbocycles. The molecule has 16 heteroatoms. The summed E-state index contributed by atoms with van der Waals surface area (Å²) in [4.78, 5) is 54.9. The Labute approximate surface area is 346 Å². The van der Waals surface area contributed by atoms with Gasteiger partial charge < -0.3 is 18.9 Å². The topological polar surface area (TPSA) is 183 Å². The number of methoxy groups -OCH3 is 4. The molecule has 14 nitrogen and oxygen atoms in total. The number of hydrogen-bond acceptors (Lipinski definition) is 12. The lowest BCUT2D eigenvalue weighted by Gasteiger charge is -2.32. The fourth-order valence-corrected chi connectivity index (χ4v) is 11.6. The molecular formula is C44H42N2O12S2. The van der Waals surface area contributed by atoms with Crippen molar-refractivity contribution < 1.29 is 55.0 Å². The molecule has 1 aliphatic carbocycles. The first-order valence-corrected chi connectivity index (χ1v) is 21.7. The van der Waals surface area contributed by atoms with Gasteiger partial charge in [-0.25, -0.2) is 24.8 Å². The van der Waals surface area contributed by atoms with Gasteiger partial charge in [0.1, 0.15) is 0 Å². The molecule has 0 bridgehead atoms. The second-order valence-corrected chi connectivity index (χ2v) is 18.2. The molecule has 3 atom stereocenters. The Morgan fingerprint density at radius 1 is 0.600 bits per heavy atom. The van der Waals surface area contributed by atoms with Crippen LogP contribution in [-0.4, -0.2) is 77.1 Å². The van der Waals surface area contributed by atoms with E-state index in [1.54, 1.807) is 72.8 Å². The predicted molar refractivity (Wildman–Crippen MR) is 219 cm³/mol. The zero-order valence-electron chi connectivity index (χ0n) is 33.5. The highest BCUT2D eigenvalue weighted by atomic mass is 32.2. The highest BCUT2D eigenvalue weighted by Gasteiger charge is 2.56. The van der Waals surface area contributed by atoms with Gasteiger partial charge in [-0.3, -0.25) is 19.2 Å². The molecule has 60 heavy (non-hydrogen) atoms. The fourth-order valence-electron chi connectivity index (χ4n) is 8.61. The van der Waals surface area contributed by atoms with Crippen LogP contribution < -0.4 is 0 Å². The van der Waals surface area contributed by atoms with Crippen molar-refractivity contribution in [3.63, 3.8) is 0 Å². The monoisotopic (exact) mass is 854 g/mol. The van der Waals surface area contributed by atoms with Gasteiger partial charge >= 0.3 is 23.9 Å². The van der Waals surface area contributed by atoms with Crippen molar-refractivity contribution in [2.24, 2.45) is 17.8 Å². The van der Waals surface area contributed by atoms with Gasteiger partial charge in [0.2, 0.25) is 0 Å². The first kappa shape index (κ1) is 41.9. The number of aromatic nitrogens is 2. The molecule has 312 valence electrons. The molecule has 2 heterocycles. The van der Waals surface area contributed by atoms with Gasteiger partial charge in [-0.2, -0.15) is 0 Å². The molecule has 0 N–H and O–H groups in total. The Balaban J connectivity index is 1.66. The number of ether oxygens (including phenoxy) is 4. The minimum Gasteiger partial charge on any atom is -0.468 e. The summed E-state index contributed by atoms with van der Waals surface area (Å²) in [6.07, 6.45) is 0.935. The van der Waals surface area contributed by atoms with Crippen LogP contribution in [-0.2, 0) is 58.2 Å². The number of aryl methyl sites for hydroxylation is 2. The van der Waals surface area contributed by atoms with E-state index >= 15 is 8.42 Å². The average molecular weight is 855 g/mol. The maximum atomic E-state index is 15.2.